The van der Waals surface area contributed by atoms with Gasteiger partial charge in [0.1, 0.15) is 0 Å². The number of carbonyl (C=O) groups is 1. The molecule has 0 heterocycles. The lowest BCUT2D eigenvalue weighted by Crippen LogP contribution is -2.38. The summed E-state index contributed by atoms with van der Waals surface area (Å²) >= 11 is 0. The van der Waals surface area contributed by atoms with Gasteiger partial charge >= 0.3 is 0 Å². The Morgan fingerprint density at radius 3 is 2.50 bits per heavy atom. The smallest absolute Gasteiger partial charge is 0.230 e. The predicted molar refractivity (Wildman–Crippen MR) is 59.3 cm³/mol. The second kappa shape index (κ2) is 4.61. The molecule has 0 atom stereocenters. The molecule has 0 saturated heterocycles. The van der Waals surface area contributed by atoms with Crippen molar-refractivity contribution in [3.63, 3.8) is 0 Å². The first-order chi connectivity index (χ1) is 8.53. The Bertz CT molecular complexity index is 486. The normalized spacial score (nSPS) is 16.4. The monoisotopic (exact) mass is 258 g/mol. The summed E-state index contributed by atoms with van der Waals surface area (Å²) in [6, 6.07) is 1.97. The van der Waals surface area contributed by atoms with Gasteiger partial charge in [-0.2, -0.15) is 0 Å². The van der Waals surface area contributed by atoms with E-state index < -0.39 is 28.8 Å². The van der Waals surface area contributed by atoms with Crippen molar-refractivity contribution in [1.29, 1.82) is 0 Å². The Morgan fingerprint density at radius 1 is 1.28 bits per heavy atom. The summed E-state index contributed by atoms with van der Waals surface area (Å²) in [4.78, 5) is 11.9. The van der Waals surface area contributed by atoms with Crippen LogP contribution in [0.15, 0.2) is 12.1 Å². The number of amides is 1. The lowest BCUT2D eigenvalue weighted by atomic mass is 9.94. The van der Waals surface area contributed by atoms with Gasteiger partial charge in [0.25, 0.3) is 0 Å². The van der Waals surface area contributed by atoms with Gasteiger partial charge in [-0.05, 0) is 18.9 Å². The fourth-order valence-electron chi connectivity index (χ4n) is 1.99. The molecule has 1 aromatic rings. The Labute approximate surface area is 102 Å². The lowest BCUT2D eigenvalue weighted by Gasteiger charge is -2.16. The molecule has 0 radical (unpaired) electrons. The molecule has 0 unspecified atom stereocenters. The Morgan fingerprint density at radius 2 is 1.94 bits per heavy atom. The quantitative estimate of drug-likeness (QED) is 0.798. The molecule has 1 fully saturated rings. The average Bonchev–Trinajstić information content (AvgIpc) is 3.14. The summed E-state index contributed by atoms with van der Waals surface area (Å²) in [7, 11) is 0. The maximum atomic E-state index is 13.7. The molecular formula is C12H13F3N2O. The molecule has 1 saturated carbocycles. The number of hydrogen-bond acceptors (Lipinski definition) is 2. The van der Waals surface area contributed by atoms with Gasteiger partial charge in [0, 0.05) is 18.7 Å². The van der Waals surface area contributed by atoms with Crippen molar-refractivity contribution in [2.75, 3.05) is 13.1 Å². The van der Waals surface area contributed by atoms with Crippen LogP contribution in [0.1, 0.15) is 18.4 Å². The summed E-state index contributed by atoms with van der Waals surface area (Å²) in [6.45, 7) is 0.536. The molecule has 6 heteroatoms. The molecule has 2 rings (SSSR count). The first-order valence-electron chi connectivity index (χ1n) is 5.65. The van der Waals surface area contributed by atoms with Crippen LogP contribution in [0.4, 0.5) is 13.2 Å². The summed E-state index contributed by atoms with van der Waals surface area (Å²) < 4.78 is 39.7. The lowest BCUT2D eigenvalue weighted by molar-refractivity contribution is -0.123. The Hall–Kier alpha value is -1.56. The van der Waals surface area contributed by atoms with Gasteiger partial charge in [-0.1, -0.05) is 6.07 Å². The van der Waals surface area contributed by atoms with Crippen molar-refractivity contribution in [3.05, 3.63) is 35.1 Å². The molecule has 0 aliphatic heterocycles. The third kappa shape index (κ3) is 1.96. The standard InChI is InChI=1S/C12H13F3N2O/c13-8-2-1-7(9(14)10(8)15)12(3-4-12)11(18)17-6-5-16/h1-2H,3-6,16H2,(H,17,18). The molecule has 0 aromatic heterocycles. The molecule has 3 N–H and O–H groups in total. The minimum Gasteiger partial charge on any atom is -0.354 e. The highest BCUT2D eigenvalue weighted by Gasteiger charge is 2.53. The highest BCUT2D eigenvalue weighted by Crippen LogP contribution is 2.49. The van der Waals surface area contributed by atoms with E-state index in [-0.39, 0.29) is 18.7 Å². The van der Waals surface area contributed by atoms with E-state index in [2.05, 4.69) is 5.32 Å². The van der Waals surface area contributed by atoms with E-state index in [0.717, 1.165) is 12.1 Å². The molecule has 98 valence electrons. The van der Waals surface area contributed by atoms with Crippen LogP contribution in [0.25, 0.3) is 0 Å². The number of benzene rings is 1. The summed E-state index contributed by atoms with van der Waals surface area (Å²) in [5, 5.41) is 2.55. The molecule has 0 spiro atoms. The summed E-state index contributed by atoms with van der Waals surface area (Å²) in [6.07, 6.45) is 0.844. The third-order valence-corrected chi connectivity index (χ3v) is 3.17. The minimum atomic E-state index is -1.54. The van der Waals surface area contributed by atoms with Crippen molar-refractivity contribution in [3.8, 4) is 0 Å². The second-order valence-corrected chi connectivity index (χ2v) is 4.35. The fourth-order valence-corrected chi connectivity index (χ4v) is 1.99. The third-order valence-electron chi connectivity index (χ3n) is 3.17. The van der Waals surface area contributed by atoms with E-state index in [4.69, 9.17) is 5.73 Å². The first-order valence-corrected chi connectivity index (χ1v) is 5.65. The second-order valence-electron chi connectivity index (χ2n) is 4.35. The molecule has 1 aromatic carbocycles. The van der Waals surface area contributed by atoms with E-state index >= 15 is 0 Å². The Kier molecular flexibility index (Phi) is 3.30. The van der Waals surface area contributed by atoms with E-state index in [1.54, 1.807) is 0 Å². The first kappa shape index (κ1) is 12.9. The number of hydrogen-bond donors (Lipinski definition) is 2. The van der Waals surface area contributed by atoms with E-state index in [9.17, 15) is 18.0 Å². The Balaban J connectivity index is 2.31. The topological polar surface area (TPSA) is 55.1 Å². The highest BCUT2D eigenvalue weighted by molar-refractivity contribution is 5.91. The highest BCUT2D eigenvalue weighted by atomic mass is 19.2. The van der Waals surface area contributed by atoms with Crippen molar-refractivity contribution in [1.82, 2.24) is 5.32 Å². The van der Waals surface area contributed by atoms with E-state index in [1.165, 1.54) is 0 Å². The molecule has 1 amide bonds. The van der Waals surface area contributed by atoms with Crippen molar-refractivity contribution in [2.45, 2.75) is 18.3 Å². The van der Waals surface area contributed by atoms with Gasteiger partial charge < -0.3 is 11.1 Å². The number of halogens is 3. The van der Waals surface area contributed by atoms with Gasteiger partial charge in [-0.3, -0.25) is 4.79 Å². The van der Waals surface area contributed by atoms with Gasteiger partial charge in [-0.15, -0.1) is 0 Å². The molecule has 1 aliphatic rings. The molecule has 18 heavy (non-hydrogen) atoms. The van der Waals surface area contributed by atoms with Crippen LogP contribution in [-0.2, 0) is 10.2 Å². The average molecular weight is 258 g/mol. The zero-order chi connectivity index (χ0) is 13.3. The largest absolute Gasteiger partial charge is 0.354 e. The van der Waals surface area contributed by atoms with Crippen molar-refractivity contribution < 1.29 is 18.0 Å². The van der Waals surface area contributed by atoms with Crippen LogP contribution in [0, 0.1) is 17.5 Å². The fraction of sp³-hybridized carbons (Fsp3) is 0.417. The van der Waals surface area contributed by atoms with Gasteiger partial charge in [-0.25, -0.2) is 13.2 Å². The molecular weight excluding hydrogens is 245 g/mol. The maximum absolute atomic E-state index is 13.7. The number of nitrogens with two attached hydrogens (primary N) is 1. The number of carbonyl (C=O) groups excluding carboxylic acids is 1. The van der Waals surface area contributed by atoms with Crippen molar-refractivity contribution >= 4 is 5.91 Å². The van der Waals surface area contributed by atoms with E-state index in [0.29, 0.717) is 12.8 Å². The predicted octanol–water partition coefficient (Wildman–Crippen LogP) is 1.21. The zero-order valence-electron chi connectivity index (χ0n) is 9.60. The van der Waals surface area contributed by atoms with Crippen LogP contribution in [0.5, 0.6) is 0 Å². The SMILES string of the molecule is NCCNC(=O)C1(c2ccc(F)c(F)c2F)CC1. The molecule has 3 nitrogen and oxygen atoms in total. The summed E-state index contributed by atoms with van der Waals surface area (Å²) in [5.74, 6) is -4.46. The zero-order valence-corrected chi connectivity index (χ0v) is 9.60. The van der Waals surface area contributed by atoms with Crippen LogP contribution in [0.2, 0.25) is 0 Å². The van der Waals surface area contributed by atoms with Crippen LogP contribution < -0.4 is 11.1 Å². The maximum Gasteiger partial charge on any atom is 0.230 e. The number of rotatable bonds is 4. The molecule has 1 aliphatic carbocycles. The van der Waals surface area contributed by atoms with E-state index in [1.807, 2.05) is 0 Å². The summed E-state index contributed by atoms with van der Waals surface area (Å²) in [5.41, 5.74) is 4.11. The van der Waals surface area contributed by atoms with Crippen LogP contribution in [0.3, 0.4) is 0 Å². The van der Waals surface area contributed by atoms with Gasteiger partial charge in [0.05, 0.1) is 5.41 Å². The van der Waals surface area contributed by atoms with Gasteiger partial charge in [0.15, 0.2) is 17.5 Å². The van der Waals surface area contributed by atoms with Crippen LogP contribution in [-0.4, -0.2) is 19.0 Å². The number of nitrogens with one attached hydrogen (secondary N) is 1. The molecule has 0 bridgehead atoms. The van der Waals surface area contributed by atoms with Crippen LogP contribution >= 0.6 is 0 Å². The van der Waals surface area contributed by atoms with Crippen molar-refractivity contribution in [2.24, 2.45) is 5.73 Å². The minimum absolute atomic E-state index is 0.0871. The van der Waals surface area contributed by atoms with Gasteiger partial charge in [0.2, 0.25) is 5.91 Å².